The monoisotopic (exact) mass is 186 g/mol. The van der Waals surface area contributed by atoms with E-state index in [1.165, 1.54) is 12.8 Å². The van der Waals surface area contributed by atoms with Crippen LogP contribution in [-0.4, -0.2) is 29.9 Å². The van der Waals surface area contributed by atoms with E-state index in [1.54, 1.807) is 0 Å². The number of rotatable bonds is 2. The molecule has 0 N–H and O–H groups in total. The van der Waals surface area contributed by atoms with Crippen LogP contribution in [0.2, 0.25) is 0 Å². The van der Waals surface area contributed by atoms with Crippen LogP contribution in [0.25, 0.3) is 0 Å². The highest BCUT2D eigenvalue weighted by atomic mass is 35.5. The van der Waals surface area contributed by atoms with Crippen molar-refractivity contribution in [1.82, 2.24) is 4.90 Å². The highest BCUT2D eigenvalue weighted by molar-refractivity contribution is 6.22. The first-order valence-electron chi connectivity index (χ1n) is 4.48. The molecule has 1 aliphatic rings. The van der Waals surface area contributed by atoms with Crippen molar-refractivity contribution < 1.29 is 0 Å². The molecule has 1 saturated heterocycles. The van der Waals surface area contributed by atoms with Gasteiger partial charge in [-0.2, -0.15) is 5.26 Å². The van der Waals surface area contributed by atoms with E-state index in [4.69, 9.17) is 16.9 Å². The van der Waals surface area contributed by atoms with Crippen molar-refractivity contribution in [3.05, 3.63) is 0 Å². The largest absolute Gasteiger partial charge is 0.301 e. The van der Waals surface area contributed by atoms with Crippen molar-refractivity contribution in [3.63, 3.8) is 0 Å². The number of hydrogen-bond acceptors (Lipinski definition) is 2. The highest BCUT2D eigenvalue weighted by Crippen LogP contribution is 2.16. The zero-order chi connectivity index (χ0) is 8.97. The summed E-state index contributed by atoms with van der Waals surface area (Å²) < 4.78 is 0. The van der Waals surface area contributed by atoms with Crippen molar-refractivity contribution in [2.45, 2.75) is 25.1 Å². The molecule has 0 spiro atoms. The summed E-state index contributed by atoms with van der Waals surface area (Å²) in [4.78, 5) is 2.29. The number of halogens is 1. The number of nitriles is 1. The van der Waals surface area contributed by atoms with Gasteiger partial charge in [-0.3, -0.25) is 0 Å². The Labute approximate surface area is 79.1 Å². The number of hydrogen-bond donors (Lipinski definition) is 0. The molecule has 1 rings (SSSR count). The fraction of sp³-hybridized carbons (Fsp3) is 0.889. The van der Waals surface area contributed by atoms with Gasteiger partial charge in [0.25, 0.3) is 0 Å². The van der Waals surface area contributed by atoms with Crippen molar-refractivity contribution in [1.29, 1.82) is 5.26 Å². The molecule has 0 bridgehead atoms. The van der Waals surface area contributed by atoms with Crippen LogP contribution in [0.5, 0.6) is 0 Å². The van der Waals surface area contributed by atoms with Gasteiger partial charge in [0.1, 0.15) is 5.38 Å². The number of nitrogens with zero attached hydrogens (tertiary/aromatic N) is 2. The molecule has 0 saturated carbocycles. The first kappa shape index (κ1) is 9.83. The van der Waals surface area contributed by atoms with Crippen LogP contribution in [0.15, 0.2) is 0 Å². The number of piperidine rings is 1. The molecular weight excluding hydrogens is 172 g/mol. The minimum Gasteiger partial charge on any atom is -0.301 e. The maximum absolute atomic E-state index is 8.52. The summed E-state index contributed by atoms with van der Waals surface area (Å²) in [5, 5.41) is 8.19. The lowest BCUT2D eigenvalue weighted by Gasteiger charge is -2.30. The molecule has 0 aromatic carbocycles. The Morgan fingerprint density at radius 3 is 3.08 bits per heavy atom. The van der Waals surface area contributed by atoms with Gasteiger partial charge >= 0.3 is 0 Å². The summed E-state index contributed by atoms with van der Waals surface area (Å²) >= 11 is 5.74. The molecule has 1 heterocycles. The van der Waals surface area contributed by atoms with Gasteiger partial charge in [0.05, 0.1) is 6.07 Å². The van der Waals surface area contributed by atoms with Crippen LogP contribution in [0, 0.1) is 17.2 Å². The fourth-order valence-electron chi connectivity index (χ4n) is 1.72. The Bertz CT molecular complexity index is 176. The van der Waals surface area contributed by atoms with E-state index in [-0.39, 0.29) is 5.38 Å². The van der Waals surface area contributed by atoms with Crippen LogP contribution in [-0.2, 0) is 0 Å². The van der Waals surface area contributed by atoms with Gasteiger partial charge < -0.3 is 4.90 Å². The molecule has 0 aromatic heterocycles. The summed E-state index contributed by atoms with van der Waals surface area (Å²) in [5.41, 5.74) is 0. The molecule has 0 aliphatic carbocycles. The number of likely N-dealkylation sites (tertiary alicyclic amines) is 1. The molecule has 12 heavy (non-hydrogen) atoms. The zero-order valence-electron chi connectivity index (χ0n) is 7.46. The molecular formula is C9H15ClN2. The summed E-state index contributed by atoms with van der Waals surface area (Å²) in [5.74, 6) is 0.765. The lowest BCUT2D eigenvalue weighted by Crippen LogP contribution is -2.37. The van der Waals surface area contributed by atoms with Crippen LogP contribution in [0.1, 0.15) is 19.8 Å². The third-order valence-corrected chi connectivity index (χ3v) is 2.54. The maximum atomic E-state index is 8.52. The third-order valence-electron chi connectivity index (χ3n) is 2.30. The molecule has 0 aromatic rings. The van der Waals surface area contributed by atoms with E-state index in [9.17, 15) is 0 Å². The molecule has 1 fully saturated rings. The predicted octanol–water partition coefficient (Wildman–Crippen LogP) is 1.85. The van der Waals surface area contributed by atoms with Crippen molar-refractivity contribution >= 4 is 11.6 Å². The van der Waals surface area contributed by atoms with E-state index < -0.39 is 0 Å². The summed E-state index contributed by atoms with van der Waals surface area (Å²) in [6.45, 7) is 5.18. The standard InChI is InChI=1S/C9H15ClN2/c1-8-3-2-4-12(6-8)7-9(10)5-11/h8-9H,2-4,6-7H2,1H3. The van der Waals surface area contributed by atoms with E-state index >= 15 is 0 Å². The topological polar surface area (TPSA) is 27.0 Å². The average molecular weight is 187 g/mol. The lowest BCUT2D eigenvalue weighted by atomic mass is 10.0. The molecule has 1 aliphatic heterocycles. The van der Waals surface area contributed by atoms with Gasteiger partial charge in [-0.15, -0.1) is 11.6 Å². The summed E-state index contributed by atoms with van der Waals surface area (Å²) in [7, 11) is 0. The zero-order valence-corrected chi connectivity index (χ0v) is 8.22. The third kappa shape index (κ3) is 3.00. The van der Waals surface area contributed by atoms with E-state index in [2.05, 4.69) is 17.9 Å². The quantitative estimate of drug-likeness (QED) is 0.616. The van der Waals surface area contributed by atoms with E-state index in [0.717, 1.165) is 25.6 Å². The van der Waals surface area contributed by atoms with Crippen molar-refractivity contribution in [3.8, 4) is 6.07 Å². The average Bonchev–Trinajstić information content (AvgIpc) is 2.04. The molecule has 2 atom stereocenters. The van der Waals surface area contributed by atoms with Crippen LogP contribution in [0.4, 0.5) is 0 Å². The Kier molecular flexibility index (Phi) is 3.84. The normalized spacial score (nSPS) is 27.9. The number of alkyl halides is 1. The maximum Gasteiger partial charge on any atom is 0.133 e. The summed E-state index contributed by atoms with van der Waals surface area (Å²) in [6, 6.07) is 2.05. The van der Waals surface area contributed by atoms with Crippen LogP contribution < -0.4 is 0 Å². The fourth-order valence-corrected chi connectivity index (χ4v) is 1.92. The first-order chi connectivity index (χ1) is 5.72. The Morgan fingerprint density at radius 1 is 1.75 bits per heavy atom. The minimum absolute atomic E-state index is 0.338. The highest BCUT2D eigenvalue weighted by Gasteiger charge is 2.18. The molecule has 0 amide bonds. The van der Waals surface area contributed by atoms with Crippen LogP contribution >= 0.6 is 11.6 Å². The van der Waals surface area contributed by atoms with Gasteiger partial charge in [-0.1, -0.05) is 6.92 Å². The minimum atomic E-state index is -0.338. The van der Waals surface area contributed by atoms with Crippen molar-refractivity contribution in [2.24, 2.45) is 5.92 Å². The first-order valence-corrected chi connectivity index (χ1v) is 4.92. The van der Waals surface area contributed by atoms with Gasteiger partial charge in [0.15, 0.2) is 0 Å². The van der Waals surface area contributed by atoms with Gasteiger partial charge in [-0.25, -0.2) is 0 Å². The molecule has 2 nitrogen and oxygen atoms in total. The SMILES string of the molecule is CC1CCCN(CC(Cl)C#N)C1. The van der Waals surface area contributed by atoms with E-state index in [0.29, 0.717) is 0 Å². The van der Waals surface area contributed by atoms with Crippen molar-refractivity contribution in [2.75, 3.05) is 19.6 Å². The Morgan fingerprint density at radius 2 is 2.50 bits per heavy atom. The van der Waals surface area contributed by atoms with Gasteiger partial charge in [0, 0.05) is 13.1 Å². The lowest BCUT2D eigenvalue weighted by molar-refractivity contribution is 0.188. The van der Waals surface area contributed by atoms with Gasteiger partial charge in [-0.05, 0) is 25.3 Å². The summed E-state index contributed by atoms with van der Waals surface area (Å²) in [6.07, 6.45) is 2.56. The smallest absolute Gasteiger partial charge is 0.133 e. The second-order valence-corrected chi connectivity index (χ2v) is 4.13. The molecule has 3 heteroatoms. The second kappa shape index (κ2) is 4.69. The Hall–Kier alpha value is -0.260. The van der Waals surface area contributed by atoms with Crippen LogP contribution in [0.3, 0.4) is 0 Å². The van der Waals surface area contributed by atoms with E-state index in [1.807, 2.05) is 0 Å². The second-order valence-electron chi connectivity index (χ2n) is 3.60. The molecule has 0 radical (unpaired) electrons. The molecule has 2 unspecified atom stereocenters. The molecule has 68 valence electrons. The Balaban J connectivity index is 2.28. The van der Waals surface area contributed by atoms with Gasteiger partial charge in [0.2, 0.25) is 0 Å². The predicted molar refractivity (Wildman–Crippen MR) is 50.1 cm³/mol.